The van der Waals surface area contributed by atoms with Crippen LogP contribution in [0.2, 0.25) is 0 Å². The van der Waals surface area contributed by atoms with Crippen molar-refractivity contribution >= 4 is 29.9 Å². The van der Waals surface area contributed by atoms with Gasteiger partial charge in [-0.3, -0.25) is 4.90 Å². The molecular weight excluding hydrogens is 501 g/mol. The predicted molar refractivity (Wildman–Crippen MR) is 140 cm³/mol. The van der Waals surface area contributed by atoms with Gasteiger partial charge in [0.1, 0.15) is 0 Å². The first-order valence-electron chi connectivity index (χ1n) is 12.0. The fourth-order valence-electron chi connectivity index (χ4n) is 4.23. The molecule has 0 saturated carbocycles. The maximum Gasteiger partial charge on any atom is 0.191 e. The van der Waals surface area contributed by atoms with E-state index in [1.165, 1.54) is 62.9 Å². The quantitative estimate of drug-likeness (QED) is 0.216. The molecule has 0 atom stereocenters. The normalized spacial score (nSPS) is 18.8. The number of halogens is 1. The number of ether oxygens (including phenoxy) is 1. The van der Waals surface area contributed by atoms with E-state index in [0.29, 0.717) is 6.54 Å². The van der Waals surface area contributed by atoms with Crippen LogP contribution in [0.25, 0.3) is 0 Å². The summed E-state index contributed by atoms with van der Waals surface area (Å²) in [4.78, 5) is 9.90. The molecule has 176 valence electrons. The van der Waals surface area contributed by atoms with Gasteiger partial charge in [0.05, 0.1) is 19.8 Å². The van der Waals surface area contributed by atoms with Crippen LogP contribution in [0.1, 0.15) is 50.2 Å². The lowest BCUT2D eigenvalue weighted by atomic mass is 10.1. The Balaban J connectivity index is 0.00000341. The summed E-state index contributed by atoms with van der Waals surface area (Å²) in [6.45, 7) is 13.2. The third kappa shape index (κ3) is 10.5. The van der Waals surface area contributed by atoms with Crippen LogP contribution in [0.3, 0.4) is 0 Å². The van der Waals surface area contributed by atoms with Crippen LogP contribution >= 0.6 is 24.0 Å². The number of nitrogens with one attached hydrogen (secondary N) is 2. The Bertz CT molecular complexity index is 628. The highest BCUT2D eigenvalue weighted by Crippen LogP contribution is 2.11. The SMILES string of the molecule is CCNC(=NCc1cccc(CN2CCOCC2)c1)NCCCN1CCCCCC1.I. The van der Waals surface area contributed by atoms with Crippen molar-refractivity contribution < 1.29 is 4.74 Å². The number of nitrogens with zero attached hydrogens (tertiary/aromatic N) is 3. The first-order valence-corrected chi connectivity index (χ1v) is 12.0. The molecule has 7 heteroatoms. The van der Waals surface area contributed by atoms with E-state index in [1.807, 2.05) is 0 Å². The van der Waals surface area contributed by atoms with Crippen molar-refractivity contribution in [3.63, 3.8) is 0 Å². The highest BCUT2D eigenvalue weighted by atomic mass is 127. The minimum Gasteiger partial charge on any atom is -0.379 e. The van der Waals surface area contributed by atoms with Crippen molar-refractivity contribution in [3.05, 3.63) is 35.4 Å². The standard InChI is InChI=1S/C24H41N5O.HI/c1-2-25-24(26-11-8-14-28-12-5-3-4-6-13-28)27-20-22-9-7-10-23(19-22)21-29-15-17-30-18-16-29;/h7,9-10,19H,2-6,8,11-18,20-21H2,1H3,(H2,25,26,27);1H. The Hall–Kier alpha value is -0.900. The molecule has 2 heterocycles. The van der Waals surface area contributed by atoms with E-state index in [2.05, 4.69) is 51.6 Å². The second-order valence-electron chi connectivity index (χ2n) is 8.44. The molecule has 2 N–H and O–H groups in total. The van der Waals surface area contributed by atoms with Crippen LogP contribution in [0.5, 0.6) is 0 Å². The molecule has 0 radical (unpaired) electrons. The molecule has 6 nitrogen and oxygen atoms in total. The van der Waals surface area contributed by atoms with Gasteiger partial charge in [0.25, 0.3) is 0 Å². The Kier molecular flexibility index (Phi) is 13.5. The number of hydrogen-bond acceptors (Lipinski definition) is 4. The predicted octanol–water partition coefficient (Wildman–Crippen LogP) is 3.46. The Morgan fingerprint density at radius 3 is 2.45 bits per heavy atom. The Labute approximate surface area is 206 Å². The lowest BCUT2D eigenvalue weighted by molar-refractivity contribution is 0.0342. The van der Waals surface area contributed by atoms with Crippen molar-refractivity contribution in [1.29, 1.82) is 0 Å². The highest BCUT2D eigenvalue weighted by Gasteiger charge is 2.11. The topological polar surface area (TPSA) is 52.1 Å². The number of aliphatic imine (C=N–C) groups is 1. The molecular formula is C24H42IN5O. The Morgan fingerprint density at radius 2 is 1.71 bits per heavy atom. The Morgan fingerprint density at radius 1 is 0.968 bits per heavy atom. The molecule has 1 aromatic rings. The summed E-state index contributed by atoms with van der Waals surface area (Å²) in [6, 6.07) is 8.84. The third-order valence-electron chi connectivity index (χ3n) is 5.91. The van der Waals surface area contributed by atoms with E-state index < -0.39 is 0 Å². The van der Waals surface area contributed by atoms with Gasteiger partial charge in [0, 0.05) is 32.7 Å². The molecule has 0 unspecified atom stereocenters. The fraction of sp³-hybridized carbons (Fsp3) is 0.708. The monoisotopic (exact) mass is 543 g/mol. The molecule has 2 saturated heterocycles. The number of hydrogen-bond donors (Lipinski definition) is 2. The van der Waals surface area contributed by atoms with Crippen molar-refractivity contribution in [1.82, 2.24) is 20.4 Å². The maximum absolute atomic E-state index is 5.45. The van der Waals surface area contributed by atoms with Crippen LogP contribution in [-0.2, 0) is 17.8 Å². The number of benzene rings is 1. The first kappa shape index (κ1) is 26.4. The molecule has 0 aliphatic carbocycles. The van der Waals surface area contributed by atoms with Gasteiger partial charge < -0.3 is 20.3 Å². The zero-order valence-electron chi connectivity index (χ0n) is 19.3. The van der Waals surface area contributed by atoms with Crippen molar-refractivity contribution in [2.75, 3.05) is 59.0 Å². The molecule has 3 rings (SSSR count). The molecule has 2 aliphatic rings. The summed E-state index contributed by atoms with van der Waals surface area (Å²) in [7, 11) is 0. The first-order chi connectivity index (χ1) is 14.8. The second kappa shape index (κ2) is 15.8. The van der Waals surface area contributed by atoms with Crippen LogP contribution in [0.4, 0.5) is 0 Å². The second-order valence-corrected chi connectivity index (χ2v) is 8.44. The van der Waals surface area contributed by atoms with Gasteiger partial charge in [-0.2, -0.15) is 0 Å². The molecule has 0 aromatic heterocycles. The summed E-state index contributed by atoms with van der Waals surface area (Å²) >= 11 is 0. The van der Waals surface area contributed by atoms with E-state index in [1.54, 1.807) is 0 Å². The molecule has 0 bridgehead atoms. The van der Waals surface area contributed by atoms with Crippen molar-refractivity contribution in [3.8, 4) is 0 Å². The van der Waals surface area contributed by atoms with Crippen LogP contribution < -0.4 is 10.6 Å². The zero-order chi connectivity index (χ0) is 20.9. The summed E-state index contributed by atoms with van der Waals surface area (Å²) < 4.78 is 5.45. The van der Waals surface area contributed by atoms with Crippen LogP contribution in [-0.4, -0.2) is 74.8 Å². The van der Waals surface area contributed by atoms with E-state index in [-0.39, 0.29) is 24.0 Å². The maximum atomic E-state index is 5.45. The van der Waals surface area contributed by atoms with E-state index in [9.17, 15) is 0 Å². The van der Waals surface area contributed by atoms with Gasteiger partial charge in [-0.1, -0.05) is 37.1 Å². The van der Waals surface area contributed by atoms with Gasteiger partial charge >= 0.3 is 0 Å². The average Bonchev–Trinajstić information content (AvgIpc) is 3.05. The van der Waals surface area contributed by atoms with E-state index in [0.717, 1.165) is 51.9 Å². The molecule has 0 amide bonds. The fourth-order valence-corrected chi connectivity index (χ4v) is 4.23. The molecule has 1 aromatic carbocycles. The van der Waals surface area contributed by atoms with Gasteiger partial charge in [0.2, 0.25) is 0 Å². The average molecular weight is 544 g/mol. The molecule has 2 fully saturated rings. The van der Waals surface area contributed by atoms with Crippen molar-refractivity contribution in [2.24, 2.45) is 4.99 Å². The molecule has 2 aliphatic heterocycles. The number of likely N-dealkylation sites (tertiary alicyclic amines) is 1. The number of guanidine groups is 1. The third-order valence-corrected chi connectivity index (χ3v) is 5.91. The van der Waals surface area contributed by atoms with Crippen LogP contribution in [0.15, 0.2) is 29.3 Å². The smallest absolute Gasteiger partial charge is 0.191 e. The van der Waals surface area contributed by atoms with Crippen molar-refractivity contribution in [2.45, 2.75) is 52.1 Å². The van der Waals surface area contributed by atoms with E-state index >= 15 is 0 Å². The van der Waals surface area contributed by atoms with E-state index in [4.69, 9.17) is 9.73 Å². The largest absolute Gasteiger partial charge is 0.379 e. The number of morpholine rings is 1. The highest BCUT2D eigenvalue weighted by molar-refractivity contribution is 14.0. The van der Waals surface area contributed by atoms with Gasteiger partial charge in [-0.25, -0.2) is 4.99 Å². The van der Waals surface area contributed by atoms with Gasteiger partial charge in [0.15, 0.2) is 5.96 Å². The summed E-state index contributed by atoms with van der Waals surface area (Å²) in [5.41, 5.74) is 2.63. The van der Waals surface area contributed by atoms with Crippen LogP contribution in [0, 0.1) is 0 Å². The summed E-state index contributed by atoms with van der Waals surface area (Å²) in [6.07, 6.45) is 6.70. The molecule has 31 heavy (non-hydrogen) atoms. The van der Waals surface area contributed by atoms with Gasteiger partial charge in [-0.15, -0.1) is 24.0 Å². The summed E-state index contributed by atoms with van der Waals surface area (Å²) in [5, 5.41) is 6.90. The van der Waals surface area contributed by atoms with Gasteiger partial charge in [-0.05, 0) is 56.9 Å². The summed E-state index contributed by atoms with van der Waals surface area (Å²) in [5.74, 6) is 0.923. The zero-order valence-corrected chi connectivity index (χ0v) is 21.6. The lowest BCUT2D eigenvalue weighted by Gasteiger charge is -2.26. The minimum atomic E-state index is 0. The molecule has 0 spiro atoms. The lowest BCUT2D eigenvalue weighted by Crippen LogP contribution is -2.39. The minimum absolute atomic E-state index is 0. The number of rotatable bonds is 9.